The van der Waals surface area contributed by atoms with E-state index in [1.165, 1.54) is 0 Å². The van der Waals surface area contributed by atoms with Crippen LogP contribution in [0.3, 0.4) is 0 Å². The van der Waals surface area contributed by atoms with Crippen molar-refractivity contribution in [3.05, 3.63) is 26.7 Å². The van der Waals surface area contributed by atoms with Crippen LogP contribution < -0.4 is 5.32 Å². The van der Waals surface area contributed by atoms with Gasteiger partial charge in [0, 0.05) is 30.3 Å². The van der Waals surface area contributed by atoms with E-state index in [-0.39, 0.29) is 5.60 Å². The van der Waals surface area contributed by atoms with Gasteiger partial charge in [-0.2, -0.15) is 0 Å². The highest BCUT2D eigenvalue weighted by atomic mass is 79.9. The monoisotopic (exact) mass is 393 g/mol. The lowest BCUT2D eigenvalue weighted by Crippen LogP contribution is -2.47. The van der Waals surface area contributed by atoms with Crippen LogP contribution in [0.1, 0.15) is 25.7 Å². The van der Waals surface area contributed by atoms with Crippen molar-refractivity contribution < 1.29 is 9.47 Å². The maximum atomic E-state index is 6.30. The first-order chi connectivity index (χ1) is 10.1. The molecule has 0 amide bonds. The van der Waals surface area contributed by atoms with Crippen LogP contribution in [0.25, 0.3) is 0 Å². The molecule has 2 saturated heterocycles. The van der Waals surface area contributed by atoms with Crippen LogP contribution in [0.5, 0.6) is 0 Å². The first-order valence-corrected chi connectivity index (χ1v) is 8.76. The van der Waals surface area contributed by atoms with E-state index < -0.39 is 0 Å². The number of benzene rings is 1. The van der Waals surface area contributed by atoms with E-state index >= 15 is 0 Å². The third-order valence-corrected chi connectivity index (χ3v) is 5.31. The molecule has 0 aliphatic carbocycles. The zero-order chi connectivity index (χ0) is 14.9. The minimum Gasteiger partial charge on any atom is -0.381 e. The van der Waals surface area contributed by atoms with Crippen molar-refractivity contribution in [3.8, 4) is 0 Å². The standard InChI is InChI=1S/C15H18BrCl2NO2/c16-10-7-12(17)14(13(18)8-10)19-11-1-4-21-15(9-11)2-5-20-6-3-15/h7-8,11,19H,1-6,9H2. The Kier molecular flexibility index (Phi) is 5.01. The molecule has 2 heterocycles. The van der Waals surface area contributed by atoms with Crippen LogP contribution in [-0.2, 0) is 9.47 Å². The largest absolute Gasteiger partial charge is 0.381 e. The van der Waals surface area contributed by atoms with Gasteiger partial charge in [-0.05, 0) is 37.8 Å². The molecule has 2 fully saturated rings. The minimum absolute atomic E-state index is 0.0392. The molecule has 116 valence electrons. The Labute approximate surface area is 143 Å². The van der Waals surface area contributed by atoms with E-state index in [9.17, 15) is 0 Å². The molecule has 0 aromatic heterocycles. The molecule has 2 aliphatic heterocycles. The summed E-state index contributed by atoms with van der Waals surface area (Å²) in [5.74, 6) is 0. The average molecular weight is 395 g/mol. The Morgan fingerprint density at radius 2 is 1.81 bits per heavy atom. The van der Waals surface area contributed by atoms with Crippen LogP contribution in [0.15, 0.2) is 16.6 Å². The van der Waals surface area contributed by atoms with Gasteiger partial charge >= 0.3 is 0 Å². The highest BCUT2D eigenvalue weighted by molar-refractivity contribution is 9.10. The van der Waals surface area contributed by atoms with Gasteiger partial charge in [0.2, 0.25) is 0 Å². The van der Waals surface area contributed by atoms with Crippen molar-refractivity contribution in [2.75, 3.05) is 25.1 Å². The smallest absolute Gasteiger partial charge is 0.0745 e. The number of anilines is 1. The van der Waals surface area contributed by atoms with Gasteiger partial charge < -0.3 is 14.8 Å². The molecule has 1 spiro atoms. The number of rotatable bonds is 2. The summed E-state index contributed by atoms with van der Waals surface area (Å²) in [5.41, 5.74) is 0.776. The number of hydrogen-bond acceptors (Lipinski definition) is 3. The van der Waals surface area contributed by atoms with Gasteiger partial charge in [-0.3, -0.25) is 0 Å². The van der Waals surface area contributed by atoms with Crippen molar-refractivity contribution in [3.63, 3.8) is 0 Å². The lowest BCUT2D eigenvalue weighted by Gasteiger charge is -2.43. The summed E-state index contributed by atoms with van der Waals surface area (Å²) in [6.07, 6.45) is 3.87. The maximum Gasteiger partial charge on any atom is 0.0745 e. The predicted octanol–water partition coefficient (Wildman–Crippen LogP) is 4.90. The van der Waals surface area contributed by atoms with E-state index in [1.807, 2.05) is 12.1 Å². The Hall–Kier alpha value is -0.0000000000000000971. The van der Waals surface area contributed by atoms with Gasteiger partial charge in [-0.25, -0.2) is 0 Å². The molecular weight excluding hydrogens is 377 g/mol. The van der Waals surface area contributed by atoms with Crippen LogP contribution in [-0.4, -0.2) is 31.5 Å². The Balaban J connectivity index is 1.73. The maximum absolute atomic E-state index is 6.30. The zero-order valence-corrected chi connectivity index (χ0v) is 14.7. The fraction of sp³-hybridized carbons (Fsp3) is 0.600. The van der Waals surface area contributed by atoms with Gasteiger partial charge in [-0.1, -0.05) is 39.1 Å². The number of nitrogens with one attached hydrogen (secondary N) is 1. The molecule has 6 heteroatoms. The van der Waals surface area contributed by atoms with Crippen molar-refractivity contribution in [1.82, 2.24) is 0 Å². The third kappa shape index (κ3) is 3.67. The topological polar surface area (TPSA) is 30.5 Å². The second kappa shape index (κ2) is 6.63. The highest BCUT2D eigenvalue weighted by Crippen LogP contribution is 2.38. The van der Waals surface area contributed by atoms with Gasteiger partial charge in [0.25, 0.3) is 0 Å². The summed E-state index contributed by atoms with van der Waals surface area (Å²) in [6.45, 7) is 2.34. The summed E-state index contributed by atoms with van der Waals surface area (Å²) >= 11 is 16.0. The summed E-state index contributed by atoms with van der Waals surface area (Å²) < 4.78 is 12.4. The van der Waals surface area contributed by atoms with Crippen LogP contribution in [0.2, 0.25) is 10.0 Å². The molecule has 1 aromatic carbocycles. The molecule has 1 aromatic rings. The van der Waals surface area contributed by atoms with Gasteiger partial charge in [0.15, 0.2) is 0 Å². The summed E-state index contributed by atoms with van der Waals surface area (Å²) in [6, 6.07) is 4.05. The van der Waals surface area contributed by atoms with E-state index in [1.54, 1.807) is 0 Å². The highest BCUT2D eigenvalue weighted by Gasteiger charge is 2.39. The molecule has 2 aliphatic rings. The van der Waals surface area contributed by atoms with E-state index in [4.69, 9.17) is 32.7 Å². The molecule has 0 bridgehead atoms. The fourth-order valence-corrected chi connectivity index (χ4v) is 4.44. The van der Waals surface area contributed by atoms with Crippen LogP contribution in [0.4, 0.5) is 5.69 Å². The molecule has 1 N–H and O–H groups in total. The molecule has 3 rings (SSSR count). The minimum atomic E-state index is -0.0392. The van der Waals surface area contributed by atoms with Gasteiger partial charge in [0.1, 0.15) is 0 Å². The van der Waals surface area contributed by atoms with E-state index in [0.717, 1.165) is 55.7 Å². The second-order valence-electron chi connectivity index (χ2n) is 5.72. The normalized spacial score (nSPS) is 25.0. The van der Waals surface area contributed by atoms with E-state index in [0.29, 0.717) is 16.1 Å². The second-order valence-corrected chi connectivity index (χ2v) is 7.45. The Morgan fingerprint density at radius 3 is 2.48 bits per heavy atom. The quantitative estimate of drug-likeness (QED) is 0.773. The van der Waals surface area contributed by atoms with Crippen molar-refractivity contribution in [2.45, 2.75) is 37.3 Å². The van der Waals surface area contributed by atoms with Crippen LogP contribution in [0, 0.1) is 0 Å². The van der Waals surface area contributed by atoms with Gasteiger partial charge in [-0.15, -0.1) is 0 Å². The molecular formula is C15H18BrCl2NO2. The molecule has 1 unspecified atom stereocenters. The van der Waals surface area contributed by atoms with Crippen LogP contribution >= 0.6 is 39.1 Å². The first-order valence-electron chi connectivity index (χ1n) is 7.21. The lowest BCUT2D eigenvalue weighted by molar-refractivity contribution is -0.135. The number of halogens is 3. The average Bonchev–Trinajstić information content (AvgIpc) is 2.44. The number of hydrogen-bond donors (Lipinski definition) is 1. The molecule has 21 heavy (non-hydrogen) atoms. The van der Waals surface area contributed by atoms with Crippen molar-refractivity contribution in [1.29, 1.82) is 0 Å². The molecule has 1 atom stereocenters. The van der Waals surface area contributed by atoms with Gasteiger partial charge in [0.05, 0.1) is 21.3 Å². The SMILES string of the molecule is Clc1cc(Br)cc(Cl)c1NC1CCOC2(CCOCC2)C1. The fourth-order valence-electron chi connectivity index (χ4n) is 3.13. The third-order valence-electron chi connectivity index (χ3n) is 4.25. The van der Waals surface area contributed by atoms with E-state index in [2.05, 4.69) is 21.2 Å². The summed E-state index contributed by atoms with van der Waals surface area (Å²) in [4.78, 5) is 0. The number of ether oxygens (including phenoxy) is 2. The lowest BCUT2D eigenvalue weighted by atomic mass is 9.84. The molecule has 0 saturated carbocycles. The first kappa shape index (κ1) is 15.9. The van der Waals surface area contributed by atoms with Crippen molar-refractivity contribution >= 4 is 44.8 Å². The van der Waals surface area contributed by atoms with Crippen molar-refractivity contribution in [2.24, 2.45) is 0 Å². The Bertz CT molecular complexity index is 492. The summed E-state index contributed by atoms with van der Waals surface area (Å²) in [5, 5.41) is 4.79. The Morgan fingerprint density at radius 1 is 1.14 bits per heavy atom. The zero-order valence-electron chi connectivity index (χ0n) is 11.6. The molecule has 3 nitrogen and oxygen atoms in total. The molecule has 0 radical (unpaired) electrons. The predicted molar refractivity (Wildman–Crippen MR) is 89.5 cm³/mol. The summed E-state index contributed by atoms with van der Waals surface area (Å²) in [7, 11) is 0.